The lowest BCUT2D eigenvalue weighted by Gasteiger charge is -2.17. The minimum Gasteiger partial charge on any atom is -0.356 e. The van der Waals surface area contributed by atoms with Crippen molar-refractivity contribution in [2.75, 3.05) is 6.54 Å². The molecule has 0 bridgehead atoms. The number of hydrogen-bond donors (Lipinski definition) is 1. The van der Waals surface area contributed by atoms with Gasteiger partial charge in [0.1, 0.15) is 17.8 Å². The highest BCUT2D eigenvalue weighted by Gasteiger charge is 2.43. The van der Waals surface area contributed by atoms with Crippen LogP contribution in [0, 0.1) is 31.1 Å². The Hall–Kier alpha value is -3.40. The van der Waals surface area contributed by atoms with E-state index in [1.54, 1.807) is 0 Å². The lowest BCUT2D eigenvalue weighted by Crippen LogP contribution is -2.27. The molecule has 2 unspecified atom stereocenters. The maximum Gasteiger partial charge on any atom is 0.220 e. The van der Waals surface area contributed by atoms with E-state index in [1.807, 2.05) is 39.0 Å². The Labute approximate surface area is 169 Å². The molecule has 0 radical (unpaired) electrons. The molecule has 7 nitrogen and oxygen atoms in total. The molecule has 0 saturated heterocycles. The zero-order valence-corrected chi connectivity index (χ0v) is 16.7. The number of nitrogens with zero attached hydrogens (tertiary/aromatic N) is 3. The third kappa shape index (κ3) is 4.06. The molecule has 3 rings (SSSR count). The van der Waals surface area contributed by atoms with Crippen molar-refractivity contribution in [1.29, 1.82) is 5.26 Å². The van der Waals surface area contributed by atoms with E-state index >= 15 is 0 Å². The van der Waals surface area contributed by atoms with Crippen molar-refractivity contribution >= 4 is 17.5 Å². The number of nitriles is 1. The van der Waals surface area contributed by atoms with E-state index in [-0.39, 0.29) is 30.3 Å². The van der Waals surface area contributed by atoms with Crippen LogP contribution in [0.2, 0.25) is 0 Å². The number of rotatable bonds is 5. The molecule has 2 aromatic rings. The first-order valence-corrected chi connectivity index (χ1v) is 9.52. The van der Waals surface area contributed by atoms with E-state index in [4.69, 9.17) is 5.26 Å². The van der Waals surface area contributed by atoms with E-state index in [9.17, 15) is 14.4 Å². The molecule has 1 N–H and O–H groups in total. The molecule has 1 aromatic carbocycles. The van der Waals surface area contributed by atoms with Crippen LogP contribution >= 0.6 is 0 Å². The van der Waals surface area contributed by atoms with Gasteiger partial charge in [-0.15, -0.1) is 0 Å². The van der Waals surface area contributed by atoms with Gasteiger partial charge >= 0.3 is 0 Å². The first-order valence-electron chi connectivity index (χ1n) is 9.52. The largest absolute Gasteiger partial charge is 0.356 e. The van der Waals surface area contributed by atoms with E-state index in [0.717, 1.165) is 16.7 Å². The summed E-state index contributed by atoms with van der Waals surface area (Å²) < 4.78 is 0. The predicted molar refractivity (Wildman–Crippen MR) is 106 cm³/mol. The fraction of sp³-hybridized carbons (Fsp3) is 0.364. The molecule has 1 aliphatic carbocycles. The van der Waals surface area contributed by atoms with E-state index in [2.05, 4.69) is 15.3 Å². The normalized spacial score (nSPS) is 18.6. The number of amides is 1. The number of nitrogens with one attached hydrogen (secondary N) is 1. The van der Waals surface area contributed by atoms with E-state index < -0.39 is 11.8 Å². The number of aryl methyl sites for hydroxylation is 2. The summed E-state index contributed by atoms with van der Waals surface area (Å²) in [5.74, 6) is -1.46. The molecule has 1 amide bonds. The van der Waals surface area contributed by atoms with Crippen LogP contribution < -0.4 is 5.32 Å². The summed E-state index contributed by atoms with van der Waals surface area (Å²) in [6.45, 7) is 6.02. The Morgan fingerprint density at radius 1 is 1.21 bits per heavy atom. The zero-order chi connectivity index (χ0) is 21.1. The quantitative estimate of drug-likeness (QED) is 0.785. The Morgan fingerprint density at radius 3 is 2.38 bits per heavy atom. The highest BCUT2D eigenvalue weighted by atomic mass is 16.2. The summed E-state index contributed by atoms with van der Waals surface area (Å²) in [5, 5.41) is 11.6. The van der Waals surface area contributed by atoms with Gasteiger partial charge in [-0.3, -0.25) is 14.4 Å². The van der Waals surface area contributed by atoms with Gasteiger partial charge in [-0.05, 0) is 49.6 Å². The lowest BCUT2D eigenvalue weighted by molar-refractivity contribution is -0.128. The van der Waals surface area contributed by atoms with E-state index in [1.165, 1.54) is 12.4 Å². The Kier molecular flexibility index (Phi) is 5.83. The monoisotopic (exact) mass is 390 g/mol. The number of benzene rings is 1. The Balaban J connectivity index is 1.91. The molecule has 148 valence electrons. The van der Waals surface area contributed by atoms with Crippen LogP contribution in [0.25, 0.3) is 11.4 Å². The number of ketones is 2. The van der Waals surface area contributed by atoms with Gasteiger partial charge in [-0.2, -0.15) is 5.26 Å². The van der Waals surface area contributed by atoms with Crippen molar-refractivity contribution in [3.8, 4) is 17.5 Å². The Morgan fingerprint density at radius 2 is 1.83 bits per heavy atom. The first kappa shape index (κ1) is 20.3. The van der Waals surface area contributed by atoms with Gasteiger partial charge in [0.2, 0.25) is 5.91 Å². The highest BCUT2D eigenvalue weighted by Crippen LogP contribution is 2.38. The SMILES string of the molecule is CCNC(=O)CC1CC(=O)C(c2c(C)cc(-c3ncc(C#N)cn3)cc2C)C1=O. The first-order chi connectivity index (χ1) is 13.8. The predicted octanol–water partition coefficient (Wildman–Crippen LogP) is 2.40. The molecule has 1 aromatic heterocycles. The number of carbonyl (C=O) groups excluding carboxylic acids is 3. The smallest absolute Gasteiger partial charge is 0.220 e. The molecule has 0 spiro atoms. The summed E-state index contributed by atoms with van der Waals surface area (Å²) in [4.78, 5) is 45.9. The standard InChI is InChI=1S/C22H22N4O3/c1-4-24-18(28)8-15-7-17(27)20(21(15)29)19-12(2)5-16(6-13(19)3)22-25-10-14(9-23)11-26-22/h5-6,10-11,15,20H,4,7-8H2,1-3H3,(H,24,28). The number of aromatic nitrogens is 2. The van der Waals surface area contributed by atoms with Crippen LogP contribution in [0.15, 0.2) is 24.5 Å². The van der Waals surface area contributed by atoms with Gasteiger partial charge in [-0.1, -0.05) is 0 Å². The van der Waals surface area contributed by atoms with Gasteiger partial charge < -0.3 is 5.32 Å². The molecular weight excluding hydrogens is 368 g/mol. The van der Waals surface area contributed by atoms with Crippen LogP contribution in [-0.2, 0) is 14.4 Å². The van der Waals surface area contributed by atoms with Crippen LogP contribution in [-0.4, -0.2) is 34.0 Å². The van der Waals surface area contributed by atoms with Gasteiger partial charge in [-0.25, -0.2) is 9.97 Å². The molecule has 1 heterocycles. The van der Waals surface area contributed by atoms with Crippen LogP contribution in [0.1, 0.15) is 47.9 Å². The fourth-order valence-corrected chi connectivity index (χ4v) is 3.92. The summed E-state index contributed by atoms with van der Waals surface area (Å²) in [5.41, 5.74) is 3.44. The number of Topliss-reactive ketones (excluding diaryl/α,β-unsaturated/α-hetero) is 2. The number of hydrogen-bond acceptors (Lipinski definition) is 6. The Bertz CT molecular complexity index is 998. The van der Waals surface area contributed by atoms with Gasteiger partial charge in [0.15, 0.2) is 11.6 Å². The minimum atomic E-state index is -0.828. The molecule has 29 heavy (non-hydrogen) atoms. The summed E-state index contributed by atoms with van der Waals surface area (Å²) in [6, 6.07) is 5.68. The van der Waals surface area contributed by atoms with Crippen molar-refractivity contribution in [2.24, 2.45) is 5.92 Å². The second kappa shape index (κ2) is 8.31. The van der Waals surface area contributed by atoms with Crippen LogP contribution in [0.4, 0.5) is 0 Å². The van der Waals surface area contributed by atoms with Crippen molar-refractivity contribution in [3.05, 3.63) is 46.8 Å². The average molecular weight is 390 g/mol. The minimum absolute atomic E-state index is 0.0458. The average Bonchev–Trinajstić information content (AvgIpc) is 2.95. The third-order valence-electron chi connectivity index (χ3n) is 5.18. The van der Waals surface area contributed by atoms with E-state index in [0.29, 0.717) is 23.5 Å². The topological polar surface area (TPSA) is 113 Å². The molecule has 0 aliphatic heterocycles. The van der Waals surface area contributed by atoms with Gasteiger partial charge in [0.05, 0.1) is 5.56 Å². The maximum absolute atomic E-state index is 12.9. The lowest BCUT2D eigenvalue weighted by atomic mass is 9.86. The highest BCUT2D eigenvalue weighted by molar-refractivity contribution is 6.15. The summed E-state index contributed by atoms with van der Waals surface area (Å²) >= 11 is 0. The van der Waals surface area contributed by atoms with Crippen molar-refractivity contribution in [3.63, 3.8) is 0 Å². The summed E-state index contributed by atoms with van der Waals surface area (Å²) in [7, 11) is 0. The maximum atomic E-state index is 12.9. The van der Waals surface area contributed by atoms with Crippen LogP contribution in [0.3, 0.4) is 0 Å². The summed E-state index contributed by atoms with van der Waals surface area (Å²) in [6.07, 6.45) is 3.05. The zero-order valence-electron chi connectivity index (χ0n) is 16.7. The van der Waals surface area contributed by atoms with Gasteiger partial charge in [0.25, 0.3) is 0 Å². The van der Waals surface area contributed by atoms with Crippen LogP contribution in [0.5, 0.6) is 0 Å². The fourth-order valence-electron chi connectivity index (χ4n) is 3.92. The third-order valence-corrected chi connectivity index (χ3v) is 5.18. The second-order valence-corrected chi connectivity index (χ2v) is 7.29. The molecular formula is C22H22N4O3. The van der Waals surface area contributed by atoms with Crippen molar-refractivity contribution in [2.45, 2.75) is 39.5 Å². The molecule has 1 fully saturated rings. The molecule has 1 aliphatic rings. The molecule has 7 heteroatoms. The molecule has 2 atom stereocenters. The molecule has 1 saturated carbocycles. The number of carbonyl (C=O) groups is 3. The van der Waals surface area contributed by atoms with Gasteiger partial charge in [0, 0.05) is 43.3 Å². The second-order valence-electron chi connectivity index (χ2n) is 7.29. The van der Waals surface area contributed by atoms with Crippen molar-refractivity contribution < 1.29 is 14.4 Å². The van der Waals surface area contributed by atoms with Crippen molar-refractivity contribution in [1.82, 2.24) is 15.3 Å².